The lowest BCUT2D eigenvalue weighted by molar-refractivity contribution is 0.208. The summed E-state index contributed by atoms with van der Waals surface area (Å²) in [4.78, 5) is 6.34. The molecule has 0 saturated carbocycles. The Labute approximate surface area is 129 Å². The smallest absolute Gasteiger partial charge is 0.252 e. The van der Waals surface area contributed by atoms with E-state index < -0.39 is 10.0 Å². The lowest BCUT2D eigenvalue weighted by Crippen LogP contribution is -2.44. The second-order valence-corrected chi connectivity index (χ2v) is 8.57. The zero-order valence-corrected chi connectivity index (χ0v) is 14.1. The average molecular weight is 338 g/mol. The number of aromatic nitrogens is 1. The molecule has 8 heteroatoms. The molecule has 0 atom stereocenters. The molecule has 0 aromatic carbocycles. The fourth-order valence-corrected chi connectivity index (χ4v) is 5.52. The number of likely N-dealkylation sites (tertiary alicyclic amines) is 1. The summed E-state index contributed by atoms with van der Waals surface area (Å²) in [5.41, 5.74) is 0.468. The van der Waals surface area contributed by atoms with Gasteiger partial charge in [0.05, 0.1) is 5.69 Å². The van der Waals surface area contributed by atoms with Crippen LogP contribution in [0.15, 0.2) is 4.21 Å². The van der Waals surface area contributed by atoms with Crippen molar-refractivity contribution >= 4 is 33.0 Å². The largest absolute Gasteiger partial charge is 0.303 e. The highest BCUT2D eigenvalue weighted by molar-refractivity contribution is 7.91. The Bertz CT molecular complexity index is 551. The third-order valence-corrected chi connectivity index (χ3v) is 6.81. The first-order chi connectivity index (χ1) is 9.42. The van der Waals surface area contributed by atoms with E-state index in [-0.39, 0.29) is 14.7 Å². The van der Waals surface area contributed by atoms with Gasteiger partial charge in [0.2, 0.25) is 0 Å². The molecule has 2 rings (SSSR count). The van der Waals surface area contributed by atoms with Crippen LogP contribution < -0.4 is 4.72 Å². The second kappa shape index (κ2) is 6.70. The minimum Gasteiger partial charge on any atom is -0.303 e. The van der Waals surface area contributed by atoms with Crippen LogP contribution in [0.3, 0.4) is 0 Å². The Hall–Kier alpha value is -0.210. The highest BCUT2D eigenvalue weighted by atomic mass is 35.5. The number of nitrogens with one attached hydrogen (secondary N) is 1. The van der Waals surface area contributed by atoms with Crippen LogP contribution in [0.5, 0.6) is 0 Å². The number of nitrogens with zero attached hydrogens (tertiary/aromatic N) is 2. The van der Waals surface area contributed by atoms with E-state index >= 15 is 0 Å². The topological polar surface area (TPSA) is 62.3 Å². The average Bonchev–Trinajstić information content (AvgIpc) is 2.72. The number of halogens is 1. The molecule has 1 saturated heterocycles. The van der Waals surface area contributed by atoms with Gasteiger partial charge >= 0.3 is 0 Å². The maximum absolute atomic E-state index is 12.3. The van der Waals surface area contributed by atoms with Gasteiger partial charge in [-0.2, -0.15) is 0 Å². The molecule has 1 N–H and O–H groups in total. The summed E-state index contributed by atoms with van der Waals surface area (Å²) >= 11 is 6.79. The molecule has 0 radical (unpaired) electrons. The Balaban J connectivity index is 1.98. The minimum absolute atomic E-state index is 0.00776. The van der Waals surface area contributed by atoms with E-state index in [2.05, 4.69) is 21.5 Å². The summed E-state index contributed by atoms with van der Waals surface area (Å²) in [6.07, 6.45) is 2.84. The van der Waals surface area contributed by atoms with Crippen molar-refractivity contribution in [3.63, 3.8) is 0 Å². The second-order valence-electron chi connectivity index (χ2n) is 5.08. The SMILES string of the molecule is CCCN1CCC(NS(=O)(=O)c2sc(Cl)nc2C)CC1. The standard InChI is InChI=1S/C12H20ClN3O2S2/c1-3-6-16-7-4-10(5-8-16)15-20(17,18)11-9(2)14-12(13)19-11/h10,15H,3-8H2,1-2H3. The van der Waals surface area contributed by atoms with Gasteiger partial charge in [-0.3, -0.25) is 0 Å². The van der Waals surface area contributed by atoms with E-state index in [9.17, 15) is 8.42 Å². The summed E-state index contributed by atoms with van der Waals surface area (Å²) in [6.45, 7) is 6.81. The van der Waals surface area contributed by atoms with E-state index in [0.717, 1.165) is 50.2 Å². The molecular weight excluding hydrogens is 318 g/mol. The molecule has 0 bridgehead atoms. The molecule has 1 aliphatic heterocycles. The number of hydrogen-bond acceptors (Lipinski definition) is 5. The van der Waals surface area contributed by atoms with E-state index in [0.29, 0.717) is 5.69 Å². The van der Waals surface area contributed by atoms with Crippen molar-refractivity contribution in [3.05, 3.63) is 10.2 Å². The van der Waals surface area contributed by atoms with Crippen molar-refractivity contribution in [2.75, 3.05) is 19.6 Å². The lowest BCUT2D eigenvalue weighted by Gasteiger charge is -2.31. The van der Waals surface area contributed by atoms with Crippen LogP contribution in [0.1, 0.15) is 31.9 Å². The van der Waals surface area contributed by atoms with Gasteiger partial charge in [-0.25, -0.2) is 18.1 Å². The summed E-state index contributed by atoms with van der Waals surface area (Å²) in [5, 5.41) is 0. The number of sulfonamides is 1. The molecule has 5 nitrogen and oxygen atoms in total. The minimum atomic E-state index is -3.50. The predicted molar refractivity (Wildman–Crippen MR) is 81.9 cm³/mol. The first kappa shape index (κ1) is 16.2. The third-order valence-electron chi connectivity index (χ3n) is 3.42. The molecular formula is C12H20ClN3O2S2. The molecule has 0 aliphatic carbocycles. The van der Waals surface area contributed by atoms with Crippen molar-refractivity contribution in [1.29, 1.82) is 0 Å². The van der Waals surface area contributed by atoms with Crippen LogP contribution in [0.2, 0.25) is 4.47 Å². The van der Waals surface area contributed by atoms with Crippen LogP contribution in [-0.2, 0) is 10.0 Å². The summed E-state index contributed by atoms with van der Waals surface area (Å²) in [5.74, 6) is 0. The van der Waals surface area contributed by atoms with E-state index in [1.54, 1.807) is 6.92 Å². The van der Waals surface area contributed by atoms with Gasteiger partial charge in [0, 0.05) is 6.04 Å². The zero-order valence-electron chi connectivity index (χ0n) is 11.7. The molecule has 20 heavy (non-hydrogen) atoms. The molecule has 114 valence electrons. The van der Waals surface area contributed by atoms with Crippen LogP contribution in [0.4, 0.5) is 0 Å². The molecule has 1 aliphatic rings. The summed E-state index contributed by atoms with van der Waals surface area (Å²) in [6, 6.07) is 0.00776. The van der Waals surface area contributed by atoms with Crippen molar-refractivity contribution < 1.29 is 8.42 Å². The number of rotatable bonds is 5. The first-order valence-electron chi connectivity index (χ1n) is 6.80. The maximum atomic E-state index is 12.3. The molecule has 2 heterocycles. The quantitative estimate of drug-likeness (QED) is 0.895. The van der Waals surface area contributed by atoms with Gasteiger partial charge in [-0.15, -0.1) is 0 Å². The van der Waals surface area contributed by atoms with Crippen LogP contribution in [0.25, 0.3) is 0 Å². The van der Waals surface area contributed by atoms with E-state index in [1.165, 1.54) is 0 Å². The Morgan fingerprint density at radius 3 is 2.60 bits per heavy atom. The highest BCUT2D eigenvalue weighted by Gasteiger charge is 2.27. The van der Waals surface area contributed by atoms with Crippen molar-refractivity contribution in [2.24, 2.45) is 0 Å². The van der Waals surface area contributed by atoms with Gasteiger partial charge in [-0.05, 0) is 45.8 Å². The number of piperidine rings is 1. The van der Waals surface area contributed by atoms with Gasteiger partial charge in [0.1, 0.15) is 0 Å². The lowest BCUT2D eigenvalue weighted by atomic mass is 10.1. The zero-order chi connectivity index (χ0) is 14.8. The highest BCUT2D eigenvalue weighted by Crippen LogP contribution is 2.27. The maximum Gasteiger partial charge on any atom is 0.252 e. The Morgan fingerprint density at radius 2 is 2.10 bits per heavy atom. The normalized spacial score (nSPS) is 18.6. The van der Waals surface area contributed by atoms with E-state index in [1.807, 2.05) is 0 Å². The Morgan fingerprint density at radius 1 is 1.45 bits per heavy atom. The van der Waals surface area contributed by atoms with Crippen molar-refractivity contribution in [3.8, 4) is 0 Å². The molecule has 1 aromatic rings. The van der Waals surface area contributed by atoms with Gasteiger partial charge in [0.25, 0.3) is 10.0 Å². The van der Waals surface area contributed by atoms with Gasteiger partial charge < -0.3 is 4.90 Å². The number of hydrogen-bond donors (Lipinski definition) is 1. The predicted octanol–water partition coefficient (Wildman–Crippen LogP) is 2.26. The van der Waals surface area contributed by atoms with Crippen molar-refractivity contribution in [1.82, 2.24) is 14.6 Å². The molecule has 1 aromatic heterocycles. The molecule has 0 unspecified atom stereocenters. The fourth-order valence-electron chi connectivity index (χ4n) is 2.46. The van der Waals surface area contributed by atoms with Gasteiger partial charge in [-0.1, -0.05) is 29.9 Å². The van der Waals surface area contributed by atoms with Crippen LogP contribution in [-0.4, -0.2) is 44.0 Å². The number of aryl methyl sites for hydroxylation is 1. The van der Waals surface area contributed by atoms with E-state index in [4.69, 9.17) is 11.6 Å². The monoisotopic (exact) mass is 337 g/mol. The van der Waals surface area contributed by atoms with Gasteiger partial charge in [0.15, 0.2) is 8.68 Å². The summed E-state index contributed by atoms with van der Waals surface area (Å²) < 4.78 is 27.9. The fraction of sp³-hybridized carbons (Fsp3) is 0.750. The number of thiazole rings is 1. The Kier molecular flexibility index (Phi) is 5.42. The van der Waals surface area contributed by atoms with Crippen LogP contribution >= 0.6 is 22.9 Å². The third kappa shape index (κ3) is 3.92. The molecule has 0 amide bonds. The molecule has 1 fully saturated rings. The first-order valence-corrected chi connectivity index (χ1v) is 9.47. The summed E-state index contributed by atoms with van der Waals surface area (Å²) in [7, 11) is -3.50. The van der Waals surface area contributed by atoms with Crippen LogP contribution in [0, 0.1) is 6.92 Å². The molecule has 0 spiro atoms. The van der Waals surface area contributed by atoms with Crippen molar-refractivity contribution in [2.45, 2.75) is 43.4 Å².